The summed E-state index contributed by atoms with van der Waals surface area (Å²) in [5.41, 5.74) is 3.57. The molecule has 3 aromatic heterocycles. The highest BCUT2D eigenvalue weighted by atomic mass is 16.6. The summed E-state index contributed by atoms with van der Waals surface area (Å²) in [5.74, 6) is 1.06. The van der Waals surface area contributed by atoms with Gasteiger partial charge in [-0.05, 0) is 39.3 Å². The molecule has 0 radical (unpaired) electrons. The number of amides is 1. The molecule has 9 nitrogen and oxygen atoms in total. The zero-order chi connectivity index (χ0) is 23.7. The van der Waals surface area contributed by atoms with Gasteiger partial charge in [-0.25, -0.2) is 4.79 Å². The Balaban J connectivity index is 1.55. The Labute approximate surface area is 197 Å². The third-order valence-electron chi connectivity index (χ3n) is 5.47. The van der Waals surface area contributed by atoms with Gasteiger partial charge in [0.1, 0.15) is 12.2 Å². The molecule has 1 aromatic carbocycles. The Kier molecular flexibility index (Phi) is 5.61. The molecule has 0 N–H and O–H groups in total. The van der Waals surface area contributed by atoms with Crippen molar-refractivity contribution in [3.63, 3.8) is 0 Å². The summed E-state index contributed by atoms with van der Waals surface area (Å²) >= 11 is 0. The van der Waals surface area contributed by atoms with Gasteiger partial charge in [0.2, 0.25) is 5.88 Å². The molecule has 0 fully saturated rings. The summed E-state index contributed by atoms with van der Waals surface area (Å²) in [6, 6.07) is 15.5. The van der Waals surface area contributed by atoms with Crippen molar-refractivity contribution in [3.05, 3.63) is 71.5 Å². The number of hydrogen-bond acceptors (Lipinski definition) is 7. The van der Waals surface area contributed by atoms with Crippen LogP contribution in [0.2, 0.25) is 0 Å². The molecular weight excluding hydrogens is 432 g/mol. The molecule has 9 heteroatoms. The maximum absolute atomic E-state index is 12.8. The Morgan fingerprint density at radius 1 is 1.03 bits per heavy atom. The Morgan fingerprint density at radius 2 is 1.82 bits per heavy atom. The van der Waals surface area contributed by atoms with Crippen LogP contribution < -0.4 is 4.74 Å². The van der Waals surface area contributed by atoms with E-state index in [2.05, 4.69) is 15.2 Å². The highest BCUT2D eigenvalue weighted by Crippen LogP contribution is 2.32. The minimum atomic E-state index is -0.574. The van der Waals surface area contributed by atoms with E-state index in [1.165, 1.54) is 0 Å². The second kappa shape index (κ2) is 8.74. The standard InChI is InChI=1S/C25H26N6O3/c1-25(2,3)34-24(32)30-14-12-19-20(15-30)23(33-16-18-11-7-8-13-26-18)29-31-21(27-28-22(19)31)17-9-5-4-6-10-17/h4-11,13H,12,14-16H2,1-3H3. The molecule has 5 rings (SSSR count). The average molecular weight is 459 g/mol. The van der Waals surface area contributed by atoms with Gasteiger partial charge >= 0.3 is 6.09 Å². The summed E-state index contributed by atoms with van der Waals surface area (Å²) in [4.78, 5) is 18.8. The number of aromatic nitrogens is 5. The van der Waals surface area contributed by atoms with Crippen molar-refractivity contribution in [2.75, 3.05) is 6.54 Å². The van der Waals surface area contributed by atoms with Crippen molar-refractivity contribution < 1.29 is 14.3 Å². The number of pyridine rings is 1. The summed E-state index contributed by atoms with van der Waals surface area (Å²) in [7, 11) is 0. The number of fused-ring (bicyclic) bond motifs is 3. The topological polar surface area (TPSA) is 94.7 Å². The summed E-state index contributed by atoms with van der Waals surface area (Å²) in [6.45, 7) is 6.65. The molecule has 1 aliphatic heterocycles. The molecule has 0 saturated carbocycles. The Bertz CT molecular complexity index is 1320. The number of benzene rings is 1. The molecule has 0 aliphatic carbocycles. The minimum absolute atomic E-state index is 0.251. The van der Waals surface area contributed by atoms with Gasteiger partial charge in [-0.1, -0.05) is 36.4 Å². The van der Waals surface area contributed by atoms with E-state index in [1.54, 1.807) is 15.6 Å². The van der Waals surface area contributed by atoms with Crippen LogP contribution in [0.5, 0.6) is 5.88 Å². The van der Waals surface area contributed by atoms with Crippen molar-refractivity contribution in [1.29, 1.82) is 0 Å². The van der Waals surface area contributed by atoms with E-state index in [0.717, 1.165) is 22.4 Å². The van der Waals surface area contributed by atoms with E-state index >= 15 is 0 Å². The monoisotopic (exact) mass is 458 g/mol. The molecule has 1 amide bonds. The third-order valence-corrected chi connectivity index (χ3v) is 5.47. The zero-order valence-corrected chi connectivity index (χ0v) is 19.4. The molecule has 1 aliphatic rings. The van der Waals surface area contributed by atoms with Crippen LogP contribution in [-0.2, 0) is 24.3 Å². The second-order valence-electron chi connectivity index (χ2n) is 9.15. The Hall–Kier alpha value is -4.01. The normalized spacial score (nSPS) is 13.6. The first-order valence-electron chi connectivity index (χ1n) is 11.2. The van der Waals surface area contributed by atoms with Crippen molar-refractivity contribution in [2.45, 2.75) is 45.9 Å². The molecule has 4 heterocycles. The molecule has 0 spiro atoms. The highest BCUT2D eigenvalue weighted by Gasteiger charge is 2.31. The summed E-state index contributed by atoms with van der Waals surface area (Å²) in [5, 5.41) is 13.6. The fraction of sp³-hybridized carbons (Fsp3) is 0.320. The van der Waals surface area contributed by atoms with E-state index in [4.69, 9.17) is 14.6 Å². The lowest BCUT2D eigenvalue weighted by molar-refractivity contribution is 0.0221. The first kappa shape index (κ1) is 21.8. The quantitative estimate of drug-likeness (QED) is 0.455. The van der Waals surface area contributed by atoms with Crippen LogP contribution in [0, 0.1) is 0 Å². The first-order chi connectivity index (χ1) is 16.4. The SMILES string of the molecule is CC(C)(C)OC(=O)N1CCc2c(c(OCc3ccccn3)nn3c(-c4ccccc4)nnc23)C1. The van der Waals surface area contributed by atoms with Gasteiger partial charge in [0.15, 0.2) is 11.5 Å². The van der Waals surface area contributed by atoms with Gasteiger partial charge in [-0.15, -0.1) is 15.3 Å². The van der Waals surface area contributed by atoms with Crippen LogP contribution in [0.3, 0.4) is 0 Å². The average Bonchev–Trinajstić information content (AvgIpc) is 3.26. The number of hydrogen-bond donors (Lipinski definition) is 0. The van der Waals surface area contributed by atoms with Gasteiger partial charge in [0.25, 0.3) is 0 Å². The highest BCUT2D eigenvalue weighted by molar-refractivity contribution is 5.70. The van der Waals surface area contributed by atoms with Crippen molar-refractivity contribution in [2.24, 2.45) is 0 Å². The van der Waals surface area contributed by atoms with E-state index < -0.39 is 5.60 Å². The van der Waals surface area contributed by atoms with Gasteiger partial charge in [0.05, 0.1) is 12.2 Å². The number of nitrogens with zero attached hydrogens (tertiary/aromatic N) is 6. The number of carbonyl (C=O) groups excluding carboxylic acids is 1. The molecule has 0 bridgehead atoms. The maximum atomic E-state index is 12.8. The van der Waals surface area contributed by atoms with E-state index in [9.17, 15) is 4.79 Å². The van der Waals surface area contributed by atoms with Crippen molar-refractivity contribution in [3.8, 4) is 17.3 Å². The molecule has 0 unspecified atom stereocenters. The molecular formula is C25H26N6O3. The van der Waals surface area contributed by atoms with E-state index in [-0.39, 0.29) is 12.7 Å². The van der Waals surface area contributed by atoms with Crippen LogP contribution >= 0.6 is 0 Å². The minimum Gasteiger partial charge on any atom is -0.470 e. The number of ether oxygens (including phenoxy) is 2. The molecule has 0 saturated heterocycles. The number of carbonyl (C=O) groups is 1. The third kappa shape index (κ3) is 4.41. The first-order valence-corrected chi connectivity index (χ1v) is 11.2. The van der Waals surface area contributed by atoms with Gasteiger partial charge < -0.3 is 14.4 Å². The van der Waals surface area contributed by atoms with Gasteiger partial charge in [0, 0.05) is 29.4 Å². The van der Waals surface area contributed by atoms with Gasteiger partial charge in [-0.3, -0.25) is 4.98 Å². The van der Waals surface area contributed by atoms with Crippen LogP contribution in [0.1, 0.15) is 37.6 Å². The largest absolute Gasteiger partial charge is 0.470 e. The van der Waals surface area contributed by atoms with Crippen LogP contribution in [0.25, 0.3) is 17.0 Å². The fourth-order valence-electron chi connectivity index (χ4n) is 3.91. The summed E-state index contributed by atoms with van der Waals surface area (Å²) < 4.78 is 13.5. The lowest BCUT2D eigenvalue weighted by Crippen LogP contribution is -2.40. The van der Waals surface area contributed by atoms with Gasteiger partial charge in [-0.2, -0.15) is 4.52 Å². The van der Waals surface area contributed by atoms with Crippen molar-refractivity contribution in [1.82, 2.24) is 29.7 Å². The lowest BCUT2D eigenvalue weighted by atomic mass is 10.0. The Morgan fingerprint density at radius 3 is 2.56 bits per heavy atom. The van der Waals surface area contributed by atoms with E-state index in [1.807, 2.05) is 69.3 Å². The maximum Gasteiger partial charge on any atom is 0.410 e. The van der Waals surface area contributed by atoms with Crippen LogP contribution in [0.4, 0.5) is 4.79 Å². The predicted octanol–water partition coefficient (Wildman–Crippen LogP) is 4.06. The fourth-order valence-corrected chi connectivity index (χ4v) is 3.91. The van der Waals surface area contributed by atoms with Crippen molar-refractivity contribution >= 4 is 11.7 Å². The van der Waals surface area contributed by atoms with Crippen LogP contribution in [0.15, 0.2) is 54.7 Å². The lowest BCUT2D eigenvalue weighted by Gasteiger charge is -2.31. The van der Waals surface area contributed by atoms with Crippen LogP contribution in [-0.4, -0.2) is 47.9 Å². The molecule has 34 heavy (non-hydrogen) atoms. The zero-order valence-electron chi connectivity index (χ0n) is 19.4. The van der Waals surface area contributed by atoms with E-state index in [0.29, 0.717) is 36.9 Å². The molecule has 4 aromatic rings. The number of rotatable bonds is 4. The predicted molar refractivity (Wildman–Crippen MR) is 125 cm³/mol. The molecule has 0 atom stereocenters. The molecule has 174 valence electrons. The smallest absolute Gasteiger partial charge is 0.410 e. The second-order valence-corrected chi connectivity index (χ2v) is 9.15. The summed E-state index contributed by atoms with van der Waals surface area (Å²) in [6.07, 6.45) is 1.95.